The number of aliphatic hydroxyl groups excluding tert-OH is 4. The van der Waals surface area contributed by atoms with Crippen molar-refractivity contribution in [2.24, 2.45) is 0 Å². The van der Waals surface area contributed by atoms with Gasteiger partial charge in [0.1, 0.15) is 30.7 Å². The second-order valence-corrected chi connectivity index (χ2v) is 20.3. The lowest BCUT2D eigenvalue weighted by Crippen LogP contribution is -2.36. The van der Waals surface area contributed by atoms with E-state index in [-0.39, 0.29) is 18.7 Å². The van der Waals surface area contributed by atoms with Gasteiger partial charge in [0.05, 0.1) is 25.4 Å². The van der Waals surface area contributed by atoms with Crippen LogP contribution in [0.15, 0.2) is 41.4 Å². The third-order valence-corrected chi connectivity index (χ3v) is 13.8. The Morgan fingerprint density at radius 3 is 1.94 bits per heavy atom. The molecule has 2 unspecified atom stereocenters. The zero-order chi connectivity index (χ0) is 50.2. The van der Waals surface area contributed by atoms with Crippen molar-refractivity contribution in [3.8, 4) is 0 Å². The van der Waals surface area contributed by atoms with E-state index in [1.165, 1.54) is 31.7 Å². The molecule has 0 aliphatic carbocycles. The lowest BCUT2D eigenvalue weighted by atomic mass is 10.0. The maximum atomic E-state index is 12.8. The van der Waals surface area contributed by atoms with Gasteiger partial charge in [-0.3, -0.25) is 23.2 Å². The molecular weight excluding hydrogens is 928 g/mol. The summed E-state index contributed by atoms with van der Waals surface area (Å²) in [6.45, 7) is 1.91. The maximum absolute atomic E-state index is 12.8. The zero-order valence-electron chi connectivity index (χ0n) is 40.1. The number of carbonyl (C=O) groups excluding carboxylic acids is 2. The third-order valence-electron chi connectivity index (χ3n) is 11.2. The number of allylic oxidation sites excluding steroid dienone is 3. The topological polar surface area (TPSA) is 306 Å². The molecule has 2 rings (SSSR count). The number of unbranched alkanes of at least 4 members (excludes halogenated alkanes) is 16. The van der Waals surface area contributed by atoms with Crippen molar-refractivity contribution in [3.05, 3.63) is 47.1 Å². The summed E-state index contributed by atoms with van der Waals surface area (Å²) in [4.78, 5) is 61.8. The number of nitrogens with zero attached hydrogens (tertiary/aromatic N) is 2. The Bertz CT molecular complexity index is 1770. The molecule has 1 saturated heterocycles. The quantitative estimate of drug-likeness (QED) is 0.0146. The number of esters is 2. The molecule has 0 spiro atoms. The van der Waals surface area contributed by atoms with Gasteiger partial charge in [-0.1, -0.05) is 115 Å². The van der Waals surface area contributed by atoms with Crippen LogP contribution in [0.25, 0.3) is 0 Å². The highest BCUT2D eigenvalue weighted by Crippen LogP contribution is 2.60. The van der Waals surface area contributed by atoms with E-state index in [9.17, 15) is 53.7 Å². The second-order valence-electron chi connectivity index (χ2n) is 17.3. The molecule has 20 nitrogen and oxygen atoms in total. The number of carbonyl (C=O) groups is 2. The Kier molecular flexibility index (Phi) is 31.8. The molecule has 8 N–H and O–H groups in total. The summed E-state index contributed by atoms with van der Waals surface area (Å²) in [5.74, 6) is -1.43. The van der Waals surface area contributed by atoms with Crippen molar-refractivity contribution in [1.29, 1.82) is 0 Å². The fourth-order valence-corrected chi connectivity index (χ4v) is 9.32. The number of phosphoric acid groups is 2. The lowest BCUT2D eigenvalue weighted by molar-refractivity contribution is -0.161. The van der Waals surface area contributed by atoms with E-state index >= 15 is 0 Å². The van der Waals surface area contributed by atoms with Crippen LogP contribution in [0.4, 0.5) is 5.82 Å². The molecule has 2 heterocycles. The molecule has 1 aliphatic rings. The first kappa shape index (κ1) is 61.3. The van der Waals surface area contributed by atoms with Crippen LogP contribution in [0.3, 0.4) is 0 Å². The average Bonchev–Trinajstić information content (AvgIpc) is 3.57. The van der Waals surface area contributed by atoms with Crippen LogP contribution in [-0.2, 0) is 46.3 Å². The van der Waals surface area contributed by atoms with Crippen LogP contribution in [0.1, 0.15) is 174 Å². The minimum absolute atomic E-state index is 0.00928. The fourth-order valence-electron chi connectivity index (χ4n) is 7.21. The number of hydrogen-bond acceptors (Lipinski definition) is 17. The number of nitrogen functional groups attached to an aromatic ring is 1. The Hall–Kier alpha value is -2.84. The molecule has 0 saturated carbocycles. The van der Waals surface area contributed by atoms with E-state index in [4.69, 9.17) is 29.0 Å². The SMILES string of the molecule is CCCCC/C=C\C[C@@H](O)[C@H](O)CCCCCCCC(=O)OC[C@H](COP(=O)(O)OP(=O)(O)OC[C@H]1O[C@@H](n2ccc(N)nc2=O)[C@H](O)[C@@H]1O)OC(=O)CCCCCCC/C=C\CCCCCC. The summed E-state index contributed by atoms with van der Waals surface area (Å²) in [6.07, 6.45) is 20.0. The number of anilines is 1. The van der Waals surface area contributed by atoms with Crippen LogP contribution in [-0.4, -0.2) is 108 Å². The summed E-state index contributed by atoms with van der Waals surface area (Å²) in [5, 5.41) is 41.4. The minimum Gasteiger partial charge on any atom is -0.462 e. The summed E-state index contributed by atoms with van der Waals surface area (Å²) in [7, 11) is -10.9. The van der Waals surface area contributed by atoms with E-state index in [1.54, 1.807) is 0 Å². The Morgan fingerprint density at radius 1 is 0.750 bits per heavy atom. The predicted octanol–water partition coefficient (Wildman–Crippen LogP) is 7.39. The van der Waals surface area contributed by atoms with Crippen molar-refractivity contribution in [2.45, 2.75) is 211 Å². The van der Waals surface area contributed by atoms with Gasteiger partial charge in [0, 0.05) is 19.0 Å². The molecular formula is C46H81N3O17P2. The molecule has 1 aromatic heterocycles. The Labute approximate surface area is 401 Å². The number of nitrogens with two attached hydrogens (primary N) is 1. The van der Waals surface area contributed by atoms with E-state index in [2.05, 4.69) is 35.3 Å². The van der Waals surface area contributed by atoms with Crippen molar-refractivity contribution < 1.29 is 76.5 Å². The van der Waals surface area contributed by atoms with Crippen LogP contribution < -0.4 is 11.4 Å². The van der Waals surface area contributed by atoms with Crippen molar-refractivity contribution >= 4 is 33.4 Å². The van der Waals surface area contributed by atoms with Gasteiger partial charge in [-0.2, -0.15) is 9.29 Å². The first-order valence-corrected chi connectivity index (χ1v) is 27.5. The molecule has 392 valence electrons. The summed E-state index contributed by atoms with van der Waals surface area (Å²) >= 11 is 0. The smallest absolute Gasteiger partial charge is 0.462 e. The lowest BCUT2D eigenvalue weighted by Gasteiger charge is -2.21. The number of aliphatic hydroxyl groups is 4. The van der Waals surface area contributed by atoms with Crippen LogP contribution >= 0.6 is 15.6 Å². The monoisotopic (exact) mass is 1010 g/mol. The average molecular weight is 1010 g/mol. The molecule has 1 aromatic rings. The number of ether oxygens (including phenoxy) is 3. The van der Waals surface area contributed by atoms with E-state index in [1.807, 2.05) is 12.2 Å². The van der Waals surface area contributed by atoms with Crippen LogP contribution in [0.2, 0.25) is 0 Å². The largest absolute Gasteiger partial charge is 0.481 e. The molecule has 9 atom stereocenters. The molecule has 0 aromatic carbocycles. The van der Waals surface area contributed by atoms with Gasteiger partial charge in [-0.15, -0.1) is 0 Å². The molecule has 68 heavy (non-hydrogen) atoms. The first-order valence-electron chi connectivity index (χ1n) is 24.5. The van der Waals surface area contributed by atoms with Crippen LogP contribution in [0, 0.1) is 0 Å². The Morgan fingerprint density at radius 2 is 1.29 bits per heavy atom. The molecule has 0 bridgehead atoms. The molecule has 22 heteroatoms. The number of phosphoric ester groups is 2. The molecule has 1 fully saturated rings. The Balaban J connectivity index is 1.84. The molecule has 1 aliphatic heterocycles. The summed E-state index contributed by atoms with van der Waals surface area (Å²) in [5.41, 5.74) is 4.57. The fraction of sp³-hybridized carbons (Fsp3) is 0.783. The first-order chi connectivity index (χ1) is 32.5. The van der Waals surface area contributed by atoms with E-state index in [0.29, 0.717) is 38.5 Å². The van der Waals surface area contributed by atoms with Crippen LogP contribution in [0.5, 0.6) is 0 Å². The van der Waals surface area contributed by atoms with E-state index < -0.39 is 95.9 Å². The second kappa shape index (κ2) is 35.3. The highest BCUT2D eigenvalue weighted by molar-refractivity contribution is 7.61. The van der Waals surface area contributed by atoms with Gasteiger partial charge in [-0.25, -0.2) is 13.9 Å². The number of hydrogen-bond donors (Lipinski definition) is 7. The van der Waals surface area contributed by atoms with Gasteiger partial charge in [0.2, 0.25) is 0 Å². The highest BCUT2D eigenvalue weighted by atomic mass is 31.3. The molecule has 0 amide bonds. The zero-order valence-corrected chi connectivity index (χ0v) is 41.9. The van der Waals surface area contributed by atoms with Gasteiger partial charge >= 0.3 is 33.3 Å². The van der Waals surface area contributed by atoms with Gasteiger partial charge in [0.25, 0.3) is 0 Å². The van der Waals surface area contributed by atoms with Crippen molar-refractivity contribution in [1.82, 2.24) is 9.55 Å². The van der Waals surface area contributed by atoms with Crippen molar-refractivity contribution in [2.75, 3.05) is 25.6 Å². The predicted molar refractivity (Wildman–Crippen MR) is 255 cm³/mol. The number of aromatic nitrogens is 2. The highest BCUT2D eigenvalue weighted by Gasteiger charge is 2.46. The van der Waals surface area contributed by atoms with Gasteiger partial charge < -0.3 is 50.2 Å². The summed E-state index contributed by atoms with van der Waals surface area (Å²) in [6, 6.07) is 1.24. The van der Waals surface area contributed by atoms with E-state index in [0.717, 1.165) is 87.8 Å². The number of rotatable bonds is 40. The van der Waals surface area contributed by atoms with Gasteiger partial charge in [0.15, 0.2) is 12.3 Å². The van der Waals surface area contributed by atoms with Gasteiger partial charge in [-0.05, 0) is 70.3 Å². The maximum Gasteiger partial charge on any atom is 0.481 e. The third kappa shape index (κ3) is 27.5. The minimum atomic E-state index is -5.45. The van der Waals surface area contributed by atoms with Crippen molar-refractivity contribution in [3.63, 3.8) is 0 Å². The summed E-state index contributed by atoms with van der Waals surface area (Å²) < 4.78 is 56.6. The standard InChI is InChI=1S/C46H81N3O17P2/c1-3-5-7-9-11-12-13-14-15-16-17-21-26-30-42(53)64-36(33-61-41(52)29-25-22-18-20-24-28-38(51)37(50)27-23-19-10-8-6-4-2)34-62-67(57,58)66-68(59,60)63-35-39-43(54)44(55)45(65-39)49-32-31-40(47)48-46(49)56/h12-13,19,23,31-32,36-39,43-45,50-51,54-55H,3-11,14-18,20-22,24-30,33-35H2,1-2H3,(H,57,58)(H,59,60)(H2,47,48,56)/b13-12-,23-19-/t36-,37-,38-,39-,43-,44-,45-/m1/s1. The molecule has 0 radical (unpaired) electrons. The normalized spacial score (nSPS) is 20.6.